The Morgan fingerprint density at radius 3 is 2.20 bits per heavy atom. The summed E-state index contributed by atoms with van der Waals surface area (Å²) in [7, 11) is 0. The number of pyridine rings is 1. The molecule has 3 N–H and O–H groups in total. The first-order chi connectivity index (χ1) is 19.4. The molecule has 0 radical (unpaired) electrons. The SMILES string of the molecule is CCCCCCCCCC(=O)CC(=O)N[C@H]1CCOC1=O.CCCCCCCc1[nH]c2ccccc2c(=O)c1O. The molecule has 0 unspecified atom stereocenters. The molecule has 8 nitrogen and oxygen atoms in total. The van der Waals surface area contributed by atoms with Crippen LogP contribution in [0, 0.1) is 0 Å². The first-order valence-corrected chi connectivity index (χ1v) is 15.2. The Kier molecular flexibility index (Phi) is 15.7. The van der Waals surface area contributed by atoms with Crippen LogP contribution < -0.4 is 10.7 Å². The molecule has 1 saturated heterocycles. The van der Waals surface area contributed by atoms with E-state index in [0.717, 1.165) is 44.0 Å². The zero-order valence-electron chi connectivity index (χ0n) is 24.4. The number of unbranched alkanes of at least 4 members (excludes halogenated alkanes) is 10. The van der Waals surface area contributed by atoms with Crippen LogP contribution in [0.2, 0.25) is 0 Å². The van der Waals surface area contributed by atoms with Gasteiger partial charge in [-0.15, -0.1) is 0 Å². The Morgan fingerprint density at radius 2 is 1.55 bits per heavy atom. The lowest BCUT2D eigenvalue weighted by atomic mass is 10.1. The van der Waals surface area contributed by atoms with Gasteiger partial charge < -0.3 is 20.1 Å². The van der Waals surface area contributed by atoms with Crippen molar-refractivity contribution in [1.82, 2.24) is 10.3 Å². The van der Waals surface area contributed by atoms with E-state index in [4.69, 9.17) is 4.74 Å². The second kappa shape index (κ2) is 19.0. The molecule has 0 bridgehead atoms. The highest BCUT2D eigenvalue weighted by Crippen LogP contribution is 2.18. The lowest BCUT2D eigenvalue weighted by molar-refractivity contribution is -0.142. The third-order valence-electron chi connectivity index (χ3n) is 7.18. The van der Waals surface area contributed by atoms with E-state index in [0.29, 0.717) is 30.5 Å². The fraction of sp³-hybridized carbons (Fsp3) is 0.625. The molecular formula is C32H48N2O6. The van der Waals surface area contributed by atoms with Crippen molar-refractivity contribution < 1.29 is 24.2 Å². The van der Waals surface area contributed by atoms with Gasteiger partial charge in [0.2, 0.25) is 11.3 Å². The van der Waals surface area contributed by atoms with Crippen molar-refractivity contribution in [2.75, 3.05) is 6.61 Å². The van der Waals surface area contributed by atoms with E-state index in [1.54, 1.807) is 12.1 Å². The molecule has 1 aromatic carbocycles. The van der Waals surface area contributed by atoms with E-state index in [9.17, 15) is 24.3 Å². The third kappa shape index (κ3) is 11.9. The number of aromatic nitrogens is 1. The highest BCUT2D eigenvalue weighted by molar-refractivity contribution is 5.99. The number of ether oxygens (including phenoxy) is 1. The Morgan fingerprint density at radius 1 is 0.925 bits per heavy atom. The Balaban J connectivity index is 0.000000281. The molecule has 0 aliphatic carbocycles. The number of para-hydroxylation sites is 1. The molecule has 1 aromatic heterocycles. The van der Waals surface area contributed by atoms with Crippen molar-refractivity contribution in [3.05, 3.63) is 40.2 Å². The summed E-state index contributed by atoms with van der Waals surface area (Å²) in [6, 6.07) is 6.74. The van der Waals surface area contributed by atoms with Gasteiger partial charge in [0.15, 0.2) is 5.75 Å². The number of hydrogen-bond donors (Lipinski definition) is 3. The molecule has 2 aromatic rings. The van der Waals surface area contributed by atoms with E-state index >= 15 is 0 Å². The first kappa shape index (κ1) is 33.0. The average molecular weight is 557 g/mol. The minimum atomic E-state index is -0.566. The predicted octanol–water partition coefficient (Wildman–Crippen LogP) is 6.26. The van der Waals surface area contributed by atoms with Gasteiger partial charge in [0.1, 0.15) is 11.8 Å². The summed E-state index contributed by atoms with van der Waals surface area (Å²) in [5, 5.41) is 13.1. The number of aromatic amines is 1. The number of H-pyrrole nitrogens is 1. The Bertz CT molecular complexity index is 1130. The highest BCUT2D eigenvalue weighted by Gasteiger charge is 2.28. The van der Waals surface area contributed by atoms with Crippen molar-refractivity contribution in [3.8, 4) is 5.75 Å². The monoisotopic (exact) mass is 556 g/mol. The second-order valence-electron chi connectivity index (χ2n) is 10.7. The summed E-state index contributed by atoms with van der Waals surface area (Å²) in [5.74, 6) is -0.934. The number of aromatic hydroxyl groups is 1. The zero-order chi connectivity index (χ0) is 29.2. The predicted molar refractivity (Wildman–Crippen MR) is 158 cm³/mol. The molecule has 2 heterocycles. The largest absolute Gasteiger partial charge is 0.503 e. The summed E-state index contributed by atoms with van der Waals surface area (Å²) in [5.41, 5.74) is 1.20. The number of fused-ring (bicyclic) bond motifs is 1. The lowest BCUT2D eigenvalue weighted by Gasteiger charge is -2.08. The maximum absolute atomic E-state index is 12.0. The summed E-state index contributed by atoms with van der Waals surface area (Å²) >= 11 is 0. The van der Waals surface area contributed by atoms with E-state index in [-0.39, 0.29) is 29.3 Å². The number of cyclic esters (lactones) is 1. The number of carbonyl (C=O) groups is 3. The van der Waals surface area contributed by atoms with Crippen molar-refractivity contribution in [1.29, 1.82) is 0 Å². The third-order valence-corrected chi connectivity index (χ3v) is 7.18. The number of benzene rings is 1. The molecule has 1 aliphatic rings. The number of rotatable bonds is 17. The van der Waals surface area contributed by atoms with Gasteiger partial charge in [0.05, 0.1) is 18.7 Å². The van der Waals surface area contributed by atoms with Crippen LogP contribution >= 0.6 is 0 Å². The molecule has 1 atom stereocenters. The summed E-state index contributed by atoms with van der Waals surface area (Å²) in [4.78, 5) is 49.7. The number of aryl methyl sites for hydroxylation is 1. The van der Waals surface area contributed by atoms with Gasteiger partial charge in [-0.25, -0.2) is 4.79 Å². The molecule has 222 valence electrons. The maximum atomic E-state index is 12.0. The normalized spacial score (nSPS) is 14.4. The van der Waals surface area contributed by atoms with Gasteiger partial charge in [-0.3, -0.25) is 14.4 Å². The van der Waals surface area contributed by atoms with Crippen LogP contribution in [0.15, 0.2) is 29.1 Å². The smallest absolute Gasteiger partial charge is 0.328 e. The first-order valence-electron chi connectivity index (χ1n) is 15.2. The molecular weight excluding hydrogens is 508 g/mol. The quantitative estimate of drug-likeness (QED) is 0.120. The standard InChI is InChI=1S/C16H27NO4.C16H21NO2/c1-2-3-4-5-6-7-8-9-13(18)12-15(19)17-14-10-11-21-16(14)20;1-2-3-4-5-6-11-14-16(19)15(18)12-9-7-8-10-13(12)17-14/h14H,2-12H2,1H3,(H,17,19);7-10,19H,2-6,11H2,1H3,(H,17,18)/t14-;/m0./s1. The van der Waals surface area contributed by atoms with Gasteiger partial charge in [-0.1, -0.05) is 90.2 Å². The molecule has 1 fully saturated rings. The van der Waals surface area contributed by atoms with E-state index < -0.39 is 12.0 Å². The zero-order valence-corrected chi connectivity index (χ0v) is 24.4. The maximum Gasteiger partial charge on any atom is 0.328 e. The van der Waals surface area contributed by atoms with E-state index in [1.807, 2.05) is 12.1 Å². The van der Waals surface area contributed by atoms with Crippen LogP contribution in [0.1, 0.15) is 116 Å². The topological polar surface area (TPSA) is 126 Å². The summed E-state index contributed by atoms with van der Waals surface area (Å²) in [6.07, 6.45) is 15.5. The number of esters is 1. The summed E-state index contributed by atoms with van der Waals surface area (Å²) in [6.45, 7) is 4.72. The van der Waals surface area contributed by atoms with Gasteiger partial charge in [-0.05, 0) is 31.4 Å². The van der Waals surface area contributed by atoms with Crippen LogP contribution in [0.25, 0.3) is 10.9 Å². The lowest BCUT2D eigenvalue weighted by Crippen LogP contribution is -2.38. The fourth-order valence-corrected chi connectivity index (χ4v) is 4.78. The fourth-order valence-electron chi connectivity index (χ4n) is 4.78. The van der Waals surface area contributed by atoms with E-state index in [1.165, 1.54) is 44.9 Å². The highest BCUT2D eigenvalue weighted by atomic mass is 16.5. The number of carbonyl (C=O) groups excluding carboxylic acids is 3. The van der Waals surface area contributed by atoms with Gasteiger partial charge in [0.25, 0.3) is 0 Å². The number of nitrogens with one attached hydrogen (secondary N) is 2. The molecule has 1 aliphatic heterocycles. The minimum Gasteiger partial charge on any atom is -0.503 e. The van der Waals surface area contributed by atoms with Crippen LogP contribution in [-0.2, 0) is 25.5 Å². The van der Waals surface area contributed by atoms with Gasteiger partial charge in [-0.2, -0.15) is 0 Å². The van der Waals surface area contributed by atoms with Crippen molar-refractivity contribution in [3.63, 3.8) is 0 Å². The molecule has 40 heavy (non-hydrogen) atoms. The molecule has 0 spiro atoms. The summed E-state index contributed by atoms with van der Waals surface area (Å²) < 4.78 is 4.75. The van der Waals surface area contributed by atoms with Gasteiger partial charge in [0, 0.05) is 23.7 Å². The van der Waals surface area contributed by atoms with Crippen LogP contribution in [0.4, 0.5) is 0 Å². The van der Waals surface area contributed by atoms with Gasteiger partial charge >= 0.3 is 5.97 Å². The number of amides is 1. The minimum absolute atomic E-state index is 0.0487. The van der Waals surface area contributed by atoms with Crippen molar-refractivity contribution >= 4 is 28.6 Å². The van der Waals surface area contributed by atoms with Crippen molar-refractivity contribution in [2.45, 2.75) is 123 Å². The van der Waals surface area contributed by atoms with Crippen LogP contribution in [0.3, 0.4) is 0 Å². The molecule has 3 rings (SSSR count). The van der Waals surface area contributed by atoms with Crippen molar-refractivity contribution in [2.24, 2.45) is 0 Å². The molecule has 8 heteroatoms. The van der Waals surface area contributed by atoms with Crippen LogP contribution in [-0.4, -0.2) is 40.4 Å². The molecule has 0 saturated carbocycles. The second-order valence-corrected chi connectivity index (χ2v) is 10.7. The number of ketones is 1. The van der Waals surface area contributed by atoms with Crippen LogP contribution in [0.5, 0.6) is 5.75 Å². The Hall–Kier alpha value is -3.16. The average Bonchev–Trinajstić information content (AvgIpc) is 3.34. The van der Waals surface area contributed by atoms with E-state index in [2.05, 4.69) is 24.1 Å². The Labute approximate surface area is 238 Å². The number of Topliss-reactive ketones (excluding diaryl/α,β-unsaturated/α-hetero) is 1. The number of hydrogen-bond acceptors (Lipinski definition) is 6. The molecule has 1 amide bonds.